The summed E-state index contributed by atoms with van der Waals surface area (Å²) < 4.78 is 11.3. The zero-order valence-electron chi connectivity index (χ0n) is 9.98. The zero-order valence-corrected chi connectivity index (χ0v) is 9.98. The standard InChI is InChI=1S/C14H17NO2/c1-9-11-4-2-3-5-12(11)17-14(9)13(15)10-6-7-16-8-10/h2-5,10,13H,6-8,15H2,1H3. The van der Waals surface area contributed by atoms with Crippen LogP contribution < -0.4 is 5.73 Å². The molecule has 1 fully saturated rings. The van der Waals surface area contributed by atoms with Gasteiger partial charge < -0.3 is 14.9 Å². The molecule has 0 radical (unpaired) electrons. The summed E-state index contributed by atoms with van der Waals surface area (Å²) in [6, 6.07) is 8.03. The Morgan fingerprint density at radius 1 is 1.35 bits per heavy atom. The lowest BCUT2D eigenvalue weighted by molar-refractivity contribution is 0.178. The number of aryl methyl sites for hydroxylation is 1. The highest BCUT2D eigenvalue weighted by atomic mass is 16.5. The molecule has 1 aliphatic heterocycles. The average Bonchev–Trinajstić information content (AvgIpc) is 2.97. The van der Waals surface area contributed by atoms with Gasteiger partial charge in [-0.2, -0.15) is 0 Å². The average molecular weight is 231 g/mol. The van der Waals surface area contributed by atoms with Gasteiger partial charge in [0.2, 0.25) is 0 Å². The van der Waals surface area contributed by atoms with Gasteiger partial charge in [0.15, 0.2) is 0 Å². The molecule has 3 heteroatoms. The Morgan fingerprint density at radius 3 is 2.88 bits per heavy atom. The van der Waals surface area contributed by atoms with Crippen LogP contribution in [0.5, 0.6) is 0 Å². The molecule has 0 saturated carbocycles. The molecular weight excluding hydrogens is 214 g/mol. The second-order valence-corrected chi connectivity index (χ2v) is 4.74. The lowest BCUT2D eigenvalue weighted by atomic mass is 9.95. The molecule has 2 heterocycles. The molecule has 2 N–H and O–H groups in total. The largest absolute Gasteiger partial charge is 0.459 e. The van der Waals surface area contributed by atoms with Crippen LogP contribution in [0.3, 0.4) is 0 Å². The maximum Gasteiger partial charge on any atom is 0.134 e. The zero-order chi connectivity index (χ0) is 11.8. The van der Waals surface area contributed by atoms with E-state index in [9.17, 15) is 0 Å². The van der Waals surface area contributed by atoms with E-state index in [2.05, 4.69) is 13.0 Å². The molecule has 1 aromatic carbocycles. The van der Waals surface area contributed by atoms with Crippen molar-refractivity contribution in [3.63, 3.8) is 0 Å². The minimum Gasteiger partial charge on any atom is -0.459 e. The normalized spacial score (nSPS) is 22.1. The highest BCUT2D eigenvalue weighted by Gasteiger charge is 2.28. The second-order valence-electron chi connectivity index (χ2n) is 4.74. The van der Waals surface area contributed by atoms with Crippen molar-refractivity contribution in [3.8, 4) is 0 Å². The summed E-state index contributed by atoms with van der Waals surface area (Å²) in [5.74, 6) is 1.30. The van der Waals surface area contributed by atoms with Crippen LogP contribution >= 0.6 is 0 Å². The molecule has 0 spiro atoms. The summed E-state index contributed by atoms with van der Waals surface area (Å²) in [5.41, 5.74) is 8.38. The molecule has 0 bridgehead atoms. The first-order valence-electron chi connectivity index (χ1n) is 6.08. The van der Waals surface area contributed by atoms with E-state index in [1.165, 1.54) is 5.56 Å². The first-order chi connectivity index (χ1) is 8.27. The van der Waals surface area contributed by atoms with E-state index in [1.54, 1.807) is 0 Å². The van der Waals surface area contributed by atoms with Crippen molar-refractivity contribution < 1.29 is 9.15 Å². The van der Waals surface area contributed by atoms with Gasteiger partial charge in [0, 0.05) is 17.9 Å². The van der Waals surface area contributed by atoms with Gasteiger partial charge in [-0.3, -0.25) is 0 Å². The Morgan fingerprint density at radius 2 is 2.18 bits per heavy atom. The number of rotatable bonds is 2. The van der Waals surface area contributed by atoms with Crippen molar-refractivity contribution >= 4 is 11.0 Å². The van der Waals surface area contributed by atoms with Crippen LogP contribution in [0.25, 0.3) is 11.0 Å². The molecule has 1 saturated heterocycles. The van der Waals surface area contributed by atoms with Crippen LogP contribution in [0, 0.1) is 12.8 Å². The fourth-order valence-corrected chi connectivity index (χ4v) is 2.56. The highest BCUT2D eigenvalue weighted by Crippen LogP contribution is 2.34. The number of furan rings is 1. The SMILES string of the molecule is Cc1c(C(N)C2CCOC2)oc2ccccc12. The minimum atomic E-state index is -0.0510. The van der Waals surface area contributed by atoms with Gasteiger partial charge in [-0.25, -0.2) is 0 Å². The first kappa shape index (κ1) is 10.8. The van der Waals surface area contributed by atoms with E-state index in [4.69, 9.17) is 14.9 Å². The number of fused-ring (bicyclic) bond motifs is 1. The van der Waals surface area contributed by atoms with E-state index < -0.39 is 0 Å². The van der Waals surface area contributed by atoms with Crippen LogP contribution in [0.1, 0.15) is 23.8 Å². The molecule has 17 heavy (non-hydrogen) atoms. The van der Waals surface area contributed by atoms with Crippen LogP contribution in [0.4, 0.5) is 0 Å². The van der Waals surface area contributed by atoms with Gasteiger partial charge in [-0.1, -0.05) is 18.2 Å². The van der Waals surface area contributed by atoms with Crippen LogP contribution in [-0.4, -0.2) is 13.2 Å². The first-order valence-corrected chi connectivity index (χ1v) is 6.08. The Hall–Kier alpha value is -1.32. The maximum atomic E-state index is 6.29. The van der Waals surface area contributed by atoms with Crippen molar-refractivity contribution in [2.75, 3.05) is 13.2 Å². The fourth-order valence-electron chi connectivity index (χ4n) is 2.56. The Balaban J connectivity index is 2.01. The van der Waals surface area contributed by atoms with E-state index in [0.29, 0.717) is 5.92 Å². The number of ether oxygens (including phenoxy) is 1. The molecule has 0 amide bonds. The molecule has 2 aromatic rings. The Labute approximate surface area is 101 Å². The van der Waals surface area contributed by atoms with Crippen LogP contribution in [-0.2, 0) is 4.74 Å². The second kappa shape index (κ2) is 4.17. The van der Waals surface area contributed by atoms with Gasteiger partial charge in [-0.15, -0.1) is 0 Å². The molecule has 3 rings (SSSR count). The van der Waals surface area contributed by atoms with E-state index in [-0.39, 0.29) is 6.04 Å². The van der Waals surface area contributed by atoms with Crippen LogP contribution in [0.15, 0.2) is 28.7 Å². The summed E-state index contributed by atoms with van der Waals surface area (Å²) >= 11 is 0. The monoisotopic (exact) mass is 231 g/mol. The predicted molar refractivity (Wildman–Crippen MR) is 66.8 cm³/mol. The smallest absolute Gasteiger partial charge is 0.134 e. The summed E-state index contributed by atoms with van der Waals surface area (Å²) in [7, 11) is 0. The molecule has 3 nitrogen and oxygen atoms in total. The minimum absolute atomic E-state index is 0.0510. The highest BCUT2D eigenvalue weighted by molar-refractivity contribution is 5.82. The fraction of sp³-hybridized carbons (Fsp3) is 0.429. The number of para-hydroxylation sites is 1. The van der Waals surface area contributed by atoms with E-state index >= 15 is 0 Å². The summed E-state index contributed by atoms with van der Waals surface area (Å²) in [6.07, 6.45) is 1.03. The summed E-state index contributed by atoms with van der Waals surface area (Å²) in [5, 5.41) is 1.16. The van der Waals surface area contributed by atoms with Crippen molar-refractivity contribution in [1.82, 2.24) is 0 Å². The van der Waals surface area contributed by atoms with Crippen molar-refractivity contribution in [2.45, 2.75) is 19.4 Å². The number of hydrogen-bond donors (Lipinski definition) is 1. The van der Waals surface area contributed by atoms with E-state index in [1.807, 2.05) is 18.2 Å². The maximum absolute atomic E-state index is 6.29. The van der Waals surface area contributed by atoms with Crippen molar-refractivity contribution in [1.29, 1.82) is 0 Å². The summed E-state index contributed by atoms with van der Waals surface area (Å²) in [6.45, 7) is 3.64. The number of hydrogen-bond acceptors (Lipinski definition) is 3. The van der Waals surface area contributed by atoms with Crippen molar-refractivity contribution in [3.05, 3.63) is 35.6 Å². The third-order valence-corrected chi connectivity index (χ3v) is 3.66. The Kier molecular flexibility index (Phi) is 2.65. The molecule has 0 aliphatic carbocycles. The topological polar surface area (TPSA) is 48.4 Å². The lowest BCUT2D eigenvalue weighted by Gasteiger charge is -2.15. The Bertz CT molecular complexity index is 526. The van der Waals surface area contributed by atoms with Gasteiger partial charge in [-0.05, 0) is 25.0 Å². The van der Waals surface area contributed by atoms with Crippen LogP contribution in [0.2, 0.25) is 0 Å². The number of nitrogens with two attached hydrogens (primary N) is 1. The summed E-state index contributed by atoms with van der Waals surface area (Å²) in [4.78, 5) is 0. The molecule has 2 atom stereocenters. The van der Waals surface area contributed by atoms with Gasteiger partial charge in [0.1, 0.15) is 11.3 Å². The van der Waals surface area contributed by atoms with Gasteiger partial charge >= 0.3 is 0 Å². The molecule has 1 aromatic heterocycles. The third-order valence-electron chi connectivity index (χ3n) is 3.66. The predicted octanol–water partition coefficient (Wildman–Crippen LogP) is 2.78. The van der Waals surface area contributed by atoms with E-state index in [0.717, 1.165) is 36.4 Å². The molecule has 90 valence electrons. The molecule has 1 aliphatic rings. The molecule has 2 unspecified atom stereocenters. The quantitative estimate of drug-likeness (QED) is 0.864. The van der Waals surface area contributed by atoms with Gasteiger partial charge in [0.05, 0.1) is 12.6 Å². The lowest BCUT2D eigenvalue weighted by Crippen LogP contribution is -2.21. The van der Waals surface area contributed by atoms with Gasteiger partial charge in [0.25, 0.3) is 0 Å². The number of benzene rings is 1. The van der Waals surface area contributed by atoms with Crippen molar-refractivity contribution in [2.24, 2.45) is 11.7 Å². The third kappa shape index (κ3) is 1.75. The molecular formula is C14H17NO2.